The van der Waals surface area contributed by atoms with Crippen LogP contribution in [0.5, 0.6) is 0 Å². The number of nitrogens with zero attached hydrogens (tertiary/aromatic N) is 2. The molecule has 1 atom stereocenters. The Morgan fingerprint density at radius 1 is 1.02 bits per heavy atom. The average Bonchev–Trinajstić information content (AvgIpc) is 2.91. The van der Waals surface area contributed by atoms with Gasteiger partial charge in [0, 0.05) is 34.6 Å². The SMILES string of the molecule is N#Cc1cc(NS(=O)(=O)CC2CN(C(c3ccc(Cl)cc3)c3ccc(Cl)cc3)C2)cc(C(=O)NC(CO)C(N)=O)c1. The van der Waals surface area contributed by atoms with Gasteiger partial charge in [0.2, 0.25) is 15.9 Å². The van der Waals surface area contributed by atoms with E-state index < -0.39 is 34.5 Å². The molecule has 13 heteroatoms. The molecule has 10 nitrogen and oxygen atoms in total. The number of carbonyl (C=O) groups is 2. The minimum Gasteiger partial charge on any atom is -0.394 e. The first-order chi connectivity index (χ1) is 19.5. The van der Waals surface area contributed by atoms with Gasteiger partial charge in [-0.05, 0) is 53.6 Å². The van der Waals surface area contributed by atoms with E-state index in [1.165, 1.54) is 18.2 Å². The maximum absolute atomic E-state index is 13.1. The lowest BCUT2D eigenvalue weighted by atomic mass is 9.91. The fourth-order valence-corrected chi connectivity index (χ4v) is 6.34. The van der Waals surface area contributed by atoms with Crippen LogP contribution in [0.15, 0.2) is 66.7 Å². The maximum atomic E-state index is 13.1. The standard InChI is InChI=1S/C28H27Cl2N5O5S/c29-22-5-1-19(2-6-22)26(20-3-7-23(30)8-4-20)35-13-18(14-35)16-41(39,40)34-24-10-17(12-31)9-21(11-24)28(38)33-25(15-36)27(32)37/h1-11,18,25-26,34,36H,13-16H2,(H2,32,37)(H,33,38). The molecular formula is C28H27Cl2N5O5S. The highest BCUT2D eigenvalue weighted by molar-refractivity contribution is 7.92. The van der Waals surface area contributed by atoms with Crippen molar-refractivity contribution in [3.8, 4) is 6.07 Å². The number of hydrogen-bond donors (Lipinski definition) is 4. The van der Waals surface area contributed by atoms with E-state index in [0.717, 1.165) is 11.1 Å². The molecule has 0 aliphatic carbocycles. The number of likely N-dealkylation sites (tertiary alicyclic amines) is 1. The molecular weight excluding hydrogens is 589 g/mol. The summed E-state index contributed by atoms with van der Waals surface area (Å²) >= 11 is 12.2. The molecule has 2 amide bonds. The van der Waals surface area contributed by atoms with E-state index in [2.05, 4.69) is 14.9 Å². The van der Waals surface area contributed by atoms with Crippen molar-refractivity contribution in [2.24, 2.45) is 11.7 Å². The topological polar surface area (TPSA) is 166 Å². The third-order valence-corrected chi connectivity index (χ3v) is 8.57. The largest absolute Gasteiger partial charge is 0.394 e. The molecule has 1 aliphatic heterocycles. The number of nitriles is 1. The zero-order valence-corrected chi connectivity index (χ0v) is 24.0. The van der Waals surface area contributed by atoms with Gasteiger partial charge in [0.1, 0.15) is 6.04 Å². The Bertz CT molecular complexity index is 1530. The van der Waals surface area contributed by atoms with Crippen LogP contribution in [0.2, 0.25) is 10.0 Å². The van der Waals surface area contributed by atoms with E-state index in [9.17, 15) is 28.4 Å². The quantitative estimate of drug-likeness (QED) is 0.257. The van der Waals surface area contributed by atoms with Crippen LogP contribution in [0, 0.1) is 17.2 Å². The number of primary amides is 1. The lowest BCUT2D eigenvalue weighted by Crippen LogP contribution is -2.51. The molecule has 4 rings (SSSR count). The number of aliphatic hydroxyl groups excluding tert-OH is 1. The molecule has 1 fully saturated rings. The van der Waals surface area contributed by atoms with Crippen LogP contribution in [-0.4, -0.2) is 61.7 Å². The summed E-state index contributed by atoms with van der Waals surface area (Å²) in [6.07, 6.45) is 0. The molecule has 0 saturated carbocycles. The highest BCUT2D eigenvalue weighted by atomic mass is 35.5. The van der Waals surface area contributed by atoms with Gasteiger partial charge in [0.25, 0.3) is 5.91 Å². The number of halogens is 2. The van der Waals surface area contributed by atoms with Crippen molar-refractivity contribution >= 4 is 50.7 Å². The van der Waals surface area contributed by atoms with Gasteiger partial charge in [-0.3, -0.25) is 19.2 Å². The minimum absolute atomic E-state index is 0.0187. The Hall–Kier alpha value is -3.66. The fraction of sp³-hybridized carbons (Fsp3) is 0.250. The molecule has 1 unspecified atom stereocenters. The number of carbonyl (C=O) groups excluding carboxylic acids is 2. The van der Waals surface area contributed by atoms with Crippen LogP contribution in [0.4, 0.5) is 5.69 Å². The van der Waals surface area contributed by atoms with Crippen molar-refractivity contribution in [3.05, 3.63) is 99.0 Å². The van der Waals surface area contributed by atoms with Crippen molar-refractivity contribution < 1.29 is 23.1 Å². The number of rotatable bonds is 11. The molecule has 1 aliphatic rings. The average molecular weight is 617 g/mol. The summed E-state index contributed by atoms with van der Waals surface area (Å²) in [7, 11) is -3.86. The Labute approximate surface area is 247 Å². The van der Waals surface area contributed by atoms with Crippen molar-refractivity contribution in [3.63, 3.8) is 0 Å². The number of amides is 2. The summed E-state index contributed by atoms with van der Waals surface area (Å²) < 4.78 is 28.6. The zero-order chi connectivity index (χ0) is 29.7. The van der Waals surface area contributed by atoms with Gasteiger partial charge in [-0.2, -0.15) is 5.26 Å². The highest BCUT2D eigenvalue weighted by Gasteiger charge is 2.36. The second-order valence-corrected chi connectivity index (χ2v) is 12.4. The number of hydrogen-bond acceptors (Lipinski definition) is 7. The first-order valence-electron chi connectivity index (χ1n) is 12.5. The number of sulfonamides is 1. The lowest BCUT2D eigenvalue weighted by Gasteiger charge is -2.44. The van der Waals surface area contributed by atoms with E-state index in [4.69, 9.17) is 28.9 Å². The zero-order valence-electron chi connectivity index (χ0n) is 21.6. The van der Waals surface area contributed by atoms with Crippen molar-refractivity contribution in [1.82, 2.24) is 10.2 Å². The van der Waals surface area contributed by atoms with E-state index in [1.54, 1.807) is 0 Å². The smallest absolute Gasteiger partial charge is 0.252 e. The monoisotopic (exact) mass is 615 g/mol. The van der Waals surface area contributed by atoms with Crippen molar-refractivity contribution in [2.45, 2.75) is 12.1 Å². The second-order valence-electron chi connectivity index (χ2n) is 9.73. The molecule has 1 saturated heterocycles. The molecule has 41 heavy (non-hydrogen) atoms. The molecule has 1 heterocycles. The van der Waals surface area contributed by atoms with Crippen molar-refractivity contribution in [1.29, 1.82) is 5.26 Å². The number of benzene rings is 3. The molecule has 214 valence electrons. The molecule has 0 radical (unpaired) electrons. The summed E-state index contributed by atoms with van der Waals surface area (Å²) in [5.74, 6) is -2.09. The first kappa shape index (κ1) is 30.3. The van der Waals surface area contributed by atoms with Crippen LogP contribution in [0.1, 0.15) is 33.1 Å². The highest BCUT2D eigenvalue weighted by Crippen LogP contribution is 2.36. The van der Waals surface area contributed by atoms with E-state index in [-0.39, 0.29) is 34.5 Å². The van der Waals surface area contributed by atoms with Crippen LogP contribution in [0.3, 0.4) is 0 Å². The Morgan fingerprint density at radius 2 is 1.59 bits per heavy atom. The number of nitrogens with one attached hydrogen (secondary N) is 2. The normalized spacial score (nSPS) is 14.6. The predicted octanol–water partition coefficient (Wildman–Crippen LogP) is 2.90. The molecule has 0 spiro atoms. The lowest BCUT2D eigenvalue weighted by molar-refractivity contribution is -0.120. The van der Waals surface area contributed by atoms with Gasteiger partial charge in [0.15, 0.2) is 0 Å². The second kappa shape index (κ2) is 12.9. The first-order valence-corrected chi connectivity index (χ1v) is 14.9. The third-order valence-electron chi connectivity index (χ3n) is 6.61. The van der Waals surface area contributed by atoms with Gasteiger partial charge in [-0.15, -0.1) is 0 Å². The summed E-state index contributed by atoms with van der Waals surface area (Å²) in [5, 5.41) is 22.1. The summed E-state index contributed by atoms with van der Waals surface area (Å²) in [6.45, 7) is 0.310. The molecule has 3 aromatic rings. The molecule has 0 bridgehead atoms. The summed E-state index contributed by atoms with van der Waals surface area (Å²) in [4.78, 5) is 26.1. The maximum Gasteiger partial charge on any atom is 0.252 e. The number of aliphatic hydroxyl groups is 1. The van der Waals surface area contributed by atoms with Gasteiger partial charge >= 0.3 is 0 Å². The summed E-state index contributed by atoms with van der Waals surface area (Å²) in [5.41, 5.74) is 7.13. The third kappa shape index (κ3) is 7.75. The van der Waals surface area contributed by atoms with E-state index >= 15 is 0 Å². The molecule has 0 aromatic heterocycles. The predicted molar refractivity (Wildman–Crippen MR) is 156 cm³/mol. The molecule has 3 aromatic carbocycles. The van der Waals surface area contributed by atoms with Crippen molar-refractivity contribution in [2.75, 3.05) is 30.2 Å². The van der Waals surface area contributed by atoms with Crippen LogP contribution >= 0.6 is 23.2 Å². The van der Waals surface area contributed by atoms with Gasteiger partial charge < -0.3 is 16.2 Å². The Kier molecular flexibility index (Phi) is 9.53. The van der Waals surface area contributed by atoms with Gasteiger partial charge in [0.05, 0.1) is 35.7 Å². The fourth-order valence-electron chi connectivity index (χ4n) is 4.69. The number of nitrogens with two attached hydrogens (primary N) is 1. The van der Waals surface area contributed by atoms with Crippen LogP contribution < -0.4 is 15.8 Å². The number of anilines is 1. The van der Waals surface area contributed by atoms with E-state index in [1.807, 2.05) is 54.6 Å². The van der Waals surface area contributed by atoms with Crippen LogP contribution in [-0.2, 0) is 14.8 Å². The molecule has 5 N–H and O–H groups in total. The Balaban J connectivity index is 1.45. The minimum atomic E-state index is -3.86. The van der Waals surface area contributed by atoms with E-state index in [0.29, 0.717) is 23.1 Å². The summed E-state index contributed by atoms with van der Waals surface area (Å²) in [6, 6.07) is 19.2. The van der Waals surface area contributed by atoms with Gasteiger partial charge in [-0.1, -0.05) is 47.5 Å². The van der Waals surface area contributed by atoms with Crippen LogP contribution in [0.25, 0.3) is 0 Å². The Morgan fingerprint density at radius 3 is 2.07 bits per heavy atom. The van der Waals surface area contributed by atoms with Gasteiger partial charge in [-0.25, -0.2) is 8.42 Å².